The van der Waals surface area contributed by atoms with Gasteiger partial charge in [0.1, 0.15) is 5.82 Å². The number of nitrogens with zero attached hydrogens (tertiary/aromatic N) is 4. The van der Waals surface area contributed by atoms with Gasteiger partial charge in [-0.2, -0.15) is 0 Å². The summed E-state index contributed by atoms with van der Waals surface area (Å²) in [6.45, 7) is 3.62. The number of nitro benzene ring substituents is 2. The molecule has 0 aliphatic carbocycles. The van der Waals surface area contributed by atoms with Gasteiger partial charge in [-0.15, -0.1) is 0 Å². The van der Waals surface area contributed by atoms with Crippen molar-refractivity contribution in [2.75, 3.05) is 26.2 Å². The van der Waals surface area contributed by atoms with Crippen molar-refractivity contribution in [3.63, 3.8) is 0 Å². The first-order chi connectivity index (χ1) is 13.8. The first-order valence-electron chi connectivity index (χ1n) is 8.95. The first kappa shape index (κ1) is 20.3. The van der Waals surface area contributed by atoms with Crippen molar-refractivity contribution >= 4 is 17.3 Å². The highest BCUT2D eigenvalue weighted by molar-refractivity contribution is 5.95. The molecule has 1 saturated heterocycles. The highest BCUT2D eigenvalue weighted by Gasteiger charge is 2.26. The van der Waals surface area contributed by atoms with Crippen molar-refractivity contribution in [2.24, 2.45) is 0 Å². The van der Waals surface area contributed by atoms with Gasteiger partial charge < -0.3 is 4.90 Å². The van der Waals surface area contributed by atoms with Crippen LogP contribution in [0, 0.1) is 33.0 Å². The molecule has 0 saturated carbocycles. The van der Waals surface area contributed by atoms with Crippen LogP contribution in [0.25, 0.3) is 0 Å². The zero-order valence-corrected chi connectivity index (χ0v) is 15.7. The highest BCUT2D eigenvalue weighted by Crippen LogP contribution is 2.24. The molecule has 1 fully saturated rings. The lowest BCUT2D eigenvalue weighted by Crippen LogP contribution is -2.48. The van der Waals surface area contributed by atoms with Crippen LogP contribution in [0.1, 0.15) is 21.5 Å². The fourth-order valence-electron chi connectivity index (χ4n) is 3.30. The standard InChI is InChI=1S/C19H19FN4O5/c1-13-17(20)10-15(11-18(13)24(28)29)19(25)22-7-5-21(6-8-22)12-14-3-2-4-16(9-14)23(26)27/h2-4,9-11H,5-8,12H2,1H3. The zero-order chi connectivity index (χ0) is 21.1. The normalized spacial score (nSPS) is 14.6. The van der Waals surface area contributed by atoms with Gasteiger partial charge in [-0.1, -0.05) is 12.1 Å². The number of carbonyl (C=O) groups excluding carboxylic acids is 1. The molecule has 1 amide bonds. The maximum atomic E-state index is 14.0. The molecule has 1 aliphatic heterocycles. The Hall–Kier alpha value is -3.40. The molecule has 29 heavy (non-hydrogen) atoms. The van der Waals surface area contributed by atoms with Gasteiger partial charge in [-0.3, -0.25) is 29.9 Å². The molecule has 0 atom stereocenters. The smallest absolute Gasteiger partial charge is 0.276 e. The Morgan fingerprint density at radius 1 is 1.07 bits per heavy atom. The van der Waals surface area contributed by atoms with Crippen LogP contribution in [-0.2, 0) is 6.54 Å². The van der Waals surface area contributed by atoms with Crippen molar-refractivity contribution in [3.8, 4) is 0 Å². The van der Waals surface area contributed by atoms with E-state index in [9.17, 15) is 29.4 Å². The molecule has 0 N–H and O–H groups in total. The Kier molecular flexibility index (Phi) is 5.83. The van der Waals surface area contributed by atoms with Gasteiger partial charge in [0.15, 0.2) is 0 Å². The third-order valence-electron chi connectivity index (χ3n) is 4.95. The summed E-state index contributed by atoms with van der Waals surface area (Å²) in [5.41, 5.74) is 0.257. The molecule has 152 valence electrons. The predicted molar refractivity (Wildman–Crippen MR) is 102 cm³/mol. The fourth-order valence-corrected chi connectivity index (χ4v) is 3.30. The van der Waals surface area contributed by atoms with Gasteiger partial charge in [0.05, 0.1) is 15.4 Å². The maximum absolute atomic E-state index is 14.0. The van der Waals surface area contributed by atoms with E-state index in [1.165, 1.54) is 24.0 Å². The van der Waals surface area contributed by atoms with E-state index >= 15 is 0 Å². The summed E-state index contributed by atoms with van der Waals surface area (Å²) in [5.74, 6) is -1.24. The van der Waals surface area contributed by atoms with Gasteiger partial charge in [-0.05, 0) is 18.6 Å². The molecule has 0 unspecified atom stereocenters. The van der Waals surface area contributed by atoms with Crippen LogP contribution in [0.2, 0.25) is 0 Å². The van der Waals surface area contributed by atoms with Crippen LogP contribution in [0.15, 0.2) is 36.4 Å². The second-order valence-electron chi connectivity index (χ2n) is 6.85. The Morgan fingerprint density at radius 3 is 2.38 bits per heavy atom. The molecule has 1 aliphatic rings. The van der Waals surface area contributed by atoms with E-state index in [1.807, 2.05) is 0 Å². The zero-order valence-electron chi connectivity index (χ0n) is 15.7. The highest BCUT2D eigenvalue weighted by atomic mass is 19.1. The average Bonchev–Trinajstić information content (AvgIpc) is 2.70. The molecule has 10 heteroatoms. The Morgan fingerprint density at radius 2 is 1.76 bits per heavy atom. The van der Waals surface area contributed by atoms with E-state index in [4.69, 9.17) is 0 Å². The van der Waals surface area contributed by atoms with Gasteiger partial charge in [-0.25, -0.2) is 4.39 Å². The molecular formula is C19H19FN4O5. The number of amides is 1. The molecule has 1 heterocycles. The van der Waals surface area contributed by atoms with Crippen molar-refractivity contribution < 1.29 is 19.0 Å². The number of hydrogen-bond acceptors (Lipinski definition) is 6. The summed E-state index contributed by atoms with van der Waals surface area (Å²) in [5, 5.41) is 22.0. The number of hydrogen-bond donors (Lipinski definition) is 0. The molecular weight excluding hydrogens is 383 g/mol. The second kappa shape index (κ2) is 8.31. The maximum Gasteiger partial charge on any atom is 0.276 e. The summed E-state index contributed by atoms with van der Waals surface area (Å²) in [4.78, 5) is 37.1. The van der Waals surface area contributed by atoms with Crippen molar-refractivity contribution in [2.45, 2.75) is 13.5 Å². The Bertz CT molecular complexity index is 973. The number of carbonyl (C=O) groups is 1. The number of halogens is 1. The van der Waals surface area contributed by atoms with E-state index in [-0.39, 0.29) is 16.8 Å². The summed E-state index contributed by atoms with van der Waals surface area (Å²) >= 11 is 0. The molecule has 0 aromatic heterocycles. The Balaban J connectivity index is 1.65. The summed E-state index contributed by atoms with van der Waals surface area (Å²) in [6, 6.07) is 8.52. The molecule has 0 bridgehead atoms. The lowest BCUT2D eigenvalue weighted by Gasteiger charge is -2.34. The third kappa shape index (κ3) is 4.54. The van der Waals surface area contributed by atoms with Crippen LogP contribution in [0.3, 0.4) is 0 Å². The largest absolute Gasteiger partial charge is 0.336 e. The van der Waals surface area contributed by atoms with Crippen LogP contribution >= 0.6 is 0 Å². The molecule has 2 aromatic rings. The van der Waals surface area contributed by atoms with E-state index in [0.717, 1.165) is 17.7 Å². The quantitative estimate of drug-likeness (QED) is 0.562. The van der Waals surface area contributed by atoms with Gasteiger partial charge >= 0.3 is 0 Å². The van der Waals surface area contributed by atoms with Crippen LogP contribution in [0.5, 0.6) is 0 Å². The monoisotopic (exact) mass is 402 g/mol. The number of rotatable bonds is 5. The van der Waals surface area contributed by atoms with Crippen LogP contribution in [0.4, 0.5) is 15.8 Å². The van der Waals surface area contributed by atoms with E-state index in [0.29, 0.717) is 32.7 Å². The Labute approximate surface area is 165 Å². The first-order valence-corrected chi connectivity index (χ1v) is 8.95. The second-order valence-corrected chi connectivity index (χ2v) is 6.85. The van der Waals surface area contributed by atoms with Crippen LogP contribution in [-0.4, -0.2) is 51.7 Å². The summed E-state index contributed by atoms with van der Waals surface area (Å²) in [7, 11) is 0. The lowest BCUT2D eigenvalue weighted by atomic mass is 10.1. The third-order valence-corrected chi connectivity index (χ3v) is 4.95. The molecule has 0 spiro atoms. The van der Waals surface area contributed by atoms with Gasteiger partial charge in [0.2, 0.25) is 0 Å². The number of benzene rings is 2. The SMILES string of the molecule is Cc1c(F)cc(C(=O)N2CCN(Cc3cccc([N+](=O)[O-])c3)CC2)cc1[N+](=O)[O-]. The molecule has 0 radical (unpaired) electrons. The van der Waals surface area contributed by atoms with Crippen LogP contribution < -0.4 is 0 Å². The summed E-state index contributed by atoms with van der Waals surface area (Å²) in [6.07, 6.45) is 0. The summed E-state index contributed by atoms with van der Waals surface area (Å²) < 4.78 is 14.0. The van der Waals surface area contributed by atoms with Crippen molar-refractivity contribution in [3.05, 3.63) is 79.1 Å². The molecule has 2 aromatic carbocycles. The minimum atomic E-state index is -0.785. The van der Waals surface area contributed by atoms with E-state index in [2.05, 4.69) is 4.90 Å². The lowest BCUT2D eigenvalue weighted by molar-refractivity contribution is -0.385. The molecule has 9 nitrogen and oxygen atoms in total. The van der Waals surface area contributed by atoms with Crippen molar-refractivity contribution in [1.82, 2.24) is 9.80 Å². The van der Waals surface area contributed by atoms with Gasteiger partial charge in [0.25, 0.3) is 17.3 Å². The topological polar surface area (TPSA) is 110 Å². The number of piperazine rings is 1. The van der Waals surface area contributed by atoms with Gasteiger partial charge in [0, 0.05) is 56.5 Å². The predicted octanol–water partition coefficient (Wildman–Crippen LogP) is 2.91. The molecule has 3 rings (SSSR count). The number of non-ortho nitro benzene ring substituents is 1. The minimum Gasteiger partial charge on any atom is -0.336 e. The minimum absolute atomic E-state index is 0.0271. The van der Waals surface area contributed by atoms with E-state index < -0.39 is 27.3 Å². The fraction of sp³-hybridized carbons (Fsp3) is 0.316. The number of nitro groups is 2. The van der Waals surface area contributed by atoms with E-state index in [1.54, 1.807) is 12.1 Å². The van der Waals surface area contributed by atoms with Crippen molar-refractivity contribution in [1.29, 1.82) is 0 Å². The average molecular weight is 402 g/mol.